The molecule has 3 nitrogen and oxygen atoms in total. The van der Waals surface area contributed by atoms with Gasteiger partial charge in [-0.1, -0.05) is 18.2 Å². The molecule has 3 rings (SSSR count). The average molecular weight is 270 g/mol. The Labute approximate surface area is 116 Å². The lowest BCUT2D eigenvalue weighted by Crippen LogP contribution is -2.24. The van der Waals surface area contributed by atoms with Gasteiger partial charge in [-0.15, -0.1) is 13.2 Å². The summed E-state index contributed by atoms with van der Waals surface area (Å²) in [6.45, 7) is 6.00. The molecule has 2 heterocycles. The molecule has 0 saturated carbocycles. The highest BCUT2D eigenvalue weighted by atomic mass is 32.1. The number of fused-ring (bicyclic) bond motifs is 1. The molecule has 96 valence electrons. The number of amides is 1. The predicted octanol–water partition coefficient (Wildman–Crippen LogP) is 3.65. The van der Waals surface area contributed by atoms with E-state index in [2.05, 4.69) is 18.2 Å². The van der Waals surface area contributed by atoms with Gasteiger partial charge in [0.15, 0.2) is 0 Å². The fourth-order valence-electron chi connectivity index (χ4n) is 2.06. The van der Waals surface area contributed by atoms with Crippen LogP contribution in [0.15, 0.2) is 59.2 Å². The molecule has 19 heavy (non-hydrogen) atoms. The molecule has 0 bridgehead atoms. The average Bonchev–Trinajstić information content (AvgIpc) is 3.05. The second-order valence-corrected chi connectivity index (χ2v) is 4.49. The molecule has 0 atom stereocenters. The highest BCUT2D eigenvalue weighted by molar-refractivity contribution is 7.08. The molecule has 1 amide bonds. The zero-order valence-electron chi connectivity index (χ0n) is 10.7. The van der Waals surface area contributed by atoms with Crippen molar-refractivity contribution < 1.29 is 4.79 Å². The van der Waals surface area contributed by atoms with Crippen molar-refractivity contribution in [2.75, 3.05) is 11.9 Å². The molecular weight excluding hydrogens is 256 g/mol. The van der Waals surface area contributed by atoms with Crippen LogP contribution in [0.3, 0.4) is 0 Å². The number of benzene rings is 1. The zero-order chi connectivity index (χ0) is 13.8. The maximum atomic E-state index is 12.3. The van der Waals surface area contributed by atoms with E-state index >= 15 is 0 Å². The summed E-state index contributed by atoms with van der Waals surface area (Å²) in [4.78, 5) is 18.1. The van der Waals surface area contributed by atoms with Crippen LogP contribution >= 0.6 is 11.3 Å². The molecule has 1 aliphatic rings. The molecule has 0 fully saturated rings. The number of para-hydroxylation sites is 1. The molecule has 0 aliphatic carbocycles. The Bertz CT molecular complexity index is 617. The molecular formula is C15H14N2OS. The van der Waals surface area contributed by atoms with Crippen molar-refractivity contribution in [2.24, 2.45) is 4.99 Å². The van der Waals surface area contributed by atoms with E-state index in [0.717, 1.165) is 16.9 Å². The molecule has 1 aromatic carbocycles. The summed E-state index contributed by atoms with van der Waals surface area (Å²) in [6, 6.07) is 9.68. The minimum atomic E-state index is -0.0490. The number of carbonyl (C=O) groups excluding carboxylic acids is 1. The van der Waals surface area contributed by atoms with Crippen LogP contribution in [0.5, 0.6) is 0 Å². The second kappa shape index (κ2) is 5.63. The topological polar surface area (TPSA) is 32.7 Å². The van der Waals surface area contributed by atoms with Gasteiger partial charge in [-0.25, -0.2) is 0 Å². The summed E-state index contributed by atoms with van der Waals surface area (Å²) in [5.74, 6) is -0.0490. The van der Waals surface area contributed by atoms with Gasteiger partial charge >= 0.3 is 0 Å². The fraction of sp³-hybridized carbons (Fsp3) is 0.0667. The van der Waals surface area contributed by atoms with Crippen LogP contribution in [-0.2, 0) is 4.79 Å². The van der Waals surface area contributed by atoms with Gasteiger partial charge in [0.2, 0.25) is 0 Å². The number of carbonyl (C=O) groups is 1. The van der Waals surface area contributed by atoms with E-state index in [1.165, 1.54) is 0 Å². The summed E-state index contributed by atoms with van der Waals surface area (Å²) in [6.07, 6.45) is 0. The van der Waals surface area contributed by atoms with E-state index in [9.17, 15) is 4.79 Å². The first kappa shape index (κ1) is 13.2. The van der Waals surface area contributed by atoms with Crippen LogP contribution in [0.25, 0.3) is 0 Å². The van der Waals surface area contributed by atoms with Gasteiger partial charge in [0.05, 0.1) is 11.4 Å². The van der Waals surface area contributed by atoms with Gasteiger partial charge in [-0.2, -0.15) is 11.3 Å². The van der Waals surface area contributed by atoms with Crippen molar-refractivity contribution in [2.45, 2.75) is 0 Å². The SMILES string of the molecule is C=C.CN=C1C(=O)N(c2ccsc2)c2ccccc21. The van der Waals surface area contributed by atoms with Gasteiger partial charge in [0.25, 0.3) is 5.91 Å². The molecule has 1 aromatic heterocycles. The van der Waals surface area contributed by atoms with E-state index in [-0.39, 0.29) is 5.91 Å². The number of nitrogens with zero attached hydrogens (tertiary/aromatic N) is 2. The Morgan fingerprint density at radius 3 is 2.58 bits per heavy atom. The lowest BCUT2D eigenvalue weighted by Gasteiger charge is -2.14. The summed E-state index contributed by atoms with van der Waals surface area (Å²) < 4.78 is 0. The molecule has 0 saturated heterocycles. The number of rotatable bonds is 1. The number of hydrogen-bond acceptors (Lipinski definition) is 3. The minimum Gasteiger partial charge on any atom is -0.282 e. The Hall–Kier alpha value is -2.20. The maximum absolute atomic E-state index is 12.3. The van der Waals surface area contributed by atoms with Gasteiger partial charge in [-0.05, 0) is 17.5 Å². The largest absolute Gasteiger partial charge is 0.282 e. The Balaban J connectivity index is 0.000000637. The predicted molar refractivity (Wildman–Crippen MR) is 81.6 cm³/mol. The van der Waals surface area contributed by atoms with Crippen LogP contribution in [0.2, 0.25) is 0 Å². The van der Waals surface area contributed by atoms with Gasteiger partial charge < -0.3 is 0 Å². The molecule has 0 unspecified atom stereocenters. The fourth-order valence-corrected chi connectivity index (χ4v) is 2.68. The quantitative estimate of drug-likeness (QED) is 0.728. The maximum Gasteiger partial charge on any atom is 0.281 e. The van der Waals surface area contributed by atoms with Crippen LogP contribution in [0.4, 0.5) is 11.4 Å². The number of anilines is 2. The summed E-state index contributed by atoms with van der Waals surface area (Å²) in [7, 11) is 1.65. The zero-order valence-corrected chi connectivity index (χ0v) is 11.5. The van der Waals surface area contributed by atoms with Gasteiger partial charge in [0, 0.05) is 18.0 Å². The van der Waals surface area contributed by atoms with Gasteiger partial charge in [0.1, 0.15) is 5.71 Å². The van der Waals surface area contributed by atoms with Crippen molar-refractivity contribution in [3.63, 3.8) is 0 Å². The third-order valence-electron chi connectivity index (χ3n) is 2.79. The van der Waals surface area contributed by atoms with Crippen LogP contribution in [0, 0.1) is 0 Å². The molecule has 0 spiro atoms. The lowest BCUT2D eigenvalue weighted by molar-refractivity contribution is -0.111. The molecule has 4 heteroatoms. The standard InChI is InChI=1S/C13H10N2OS.C2H4/c1-14-12-10-4-2-3-5-11(10)15(13(12)16)9-6-7-17-8-9;1-2/h2-8H,1H3;1-2H2. The van der Waals surface area contributed by atoms with E-state index < -0.39 is 0 Å². The molecule has 0 N–H and O–H groups in total. The van der Waals surface area contributed by atoms with E-state index in [4.69, 9.17) is 0 Å². The third-order valence-corrected chi connectivity index (χ3v) is 3.46. The first-order chi connectivity index (χ1) is 9.33. The summed E-state index contributed by atoms with van der Waals surface area (Å²) >= 11 is 1.58. The first-order valence-corrected chi connectivity index (χ1v) is 6.70. The summed E-state index contributed by atoms with van der Waals surface area (Å²) in [5, 5.41) is 3.93. The molecule has 2 aromatic rings. The van der Waals surface area contributed by atoms with Crippen LogP contribution in [0.1, 0.15) is 5.56 Å². The van der Waals surface area contributed by atoms with Crippen LogP contribution < -0.4 is 4.90 Å². The molecule has 0 radical (unpaired) electrons. The second-order valence-electron chi connectivity index (χ2n) is 3.71. The highest BCUT2D eigenvalue weighted by Crippen LogP contribution is 2.36. The Morgan fingerprint density at radius 2 is 1.95 bits per heavy atom. The van der Waals surface area contributed by atoms with Crippen molar-refractivity contribution in [1.29, 1.82) is 0 Å². The Morgan fingerprint density at radius 1 is 1.21 bits per heavy atom. The number of thiophene rings is 1. The van der Waals surface area contributed by atoms with Crippen molar-refractivity contribution in [3.05, 3.63) is 59.8 Å². The van der Waals surface area contributed by atoms with Crippen molar-refractivity contribution in [1.82, 2.24) is 0 Å². The number of hydrogen-bond donors (Lipinski definition) is 0. The van der Waals surface area contributed by atoms with Crippen molar-refractivity contribution >= 4 is 34.3 Å². The van der Waals surface area contributed by atoms with E-state index in [1.54, 1.807) is 23.3 Å². The molecule has 1 aliphatic heterocycles. The first-order valence-electron chi connectivity index (χ1n) is 5.76. The van der Waals surface area contributed by atoms with E-state index in [0.29, 0.717) is 5.71 Å². The smallest absolute Gasteiger partial charge is 0.281 e. The highest BCUT2D eigenvalue weighted by Gasteiger charge is 2.34. The number of aliphatic imine (C=N–C) groups is 1. The van der Waals surface area contributed by atoms with Crippen LogP contribution in [-0.4, -0.2) is 18.7 Å². The Kier molecular flexibility index (Phi) is 3.92. The monoisotopic (exact) mass is 270 g/mol. The minimum absolute atomic E-state index is 0.0490. The van der Waals surface area contributed by atoms with Gasteiger partial charge in [-0.3, -0.25) is 14.7 Å². The summed E-state index contributed by atoms with van der Waals surface area (Å²) in [5.41, 5.74) is 3.26. The normalized spacial score (nSPS) is 15.1. The third kappa shape index (κ3) is 2.11. The lowest BCUT2D eigenvalue weighted by atomic mass is 10.1. The van der Waals surface area contributed by atoms with Crippen molar-refractivity contribution in [3.8, 4) is 0 Å². The van der Waals surface area contributed by atoms with E-state index in [1.807, 2.05) is 41.1 Å².